The average Bonchev–Trinajstić information content (AvgIpc) is 2.74. The van der Waals surface area contributed by atoms with Crippen LogP contribution in [0.15, 0.2) is 24.3 Å². The highest BCUT2D eigenvalue weighted by atomic mass is 32.1. The summed E-state index contributed by atoms with van der Waals surface area (Å²) >= 11 is 1.88. The summed E-state index contributed by atoms with van der Waals surface area (Å²) in [6.45, 7) is 10.0. The Balaban J connectivity index is 2.11. The van der Waals surface area contributed by atoms with Crippen LogP contribution in [0.3, 0.4) is 0 Å². The van der Waals surface area contributed by atoms with Gasteiger partial charge in [-0.25, -0.2) is 0 Å². The Morgan fingerprint density at radius 3 is 2.65 bits per heavy atom. The van der Waals surface area contributed by atoms with Gasteiger partial charge in [-0.15, -0.1) is 11.3 Å². The van der Waals surface area contributed by atoms with E-state index in [0.717, 1.165) is 13.0 Å². The van der Waals surface area contributed by atoms with Gasteiger partial charge in [0.1, 0.15) is 0 Å². The molecule has 2 nitrogen and oxygen atoms in total. The number of aryl methyl sites for hydroxylation is 1. The summed E-state index contributed by atoms with van der Waals surface area (Å²) in [4.78, 5) is 1.42. The molecule has 2 N–H and O–H groups in total. The number of fused-ring (bicyclic) bond motifs is 1. The molecule has 3 heteroatoms. The van der Waals surface area contributed by atoms with Crippen LogP contribution < -0.4 is 5.32 Å². The Bertz CT molecular complexity index is 573. The molecule has 1 aromatic carbocycles. The van der Waals surface area contributed by atoms with Gasteiger partial charge in [-0.2, -0.15) is 0 Å². The first-order valence-corrected chi connectivity index (χ1v) is 8.08. The van der Waals surface area contributed by atoms with Gasteiger partial charge in [-0.1, -0.05) is 32.0 Å². The first-order valence-electron chi connectivity index (χ1n) is 7.27. The van der Waals surface area contributed by atoms with Gasteiger partial charge in [-0.3, -0.25) is 0 Å². The molecule has 0 aliphatic heterocycles. The van der Waals surface area contributed by atoms with Crippen LogP contribution in [-0.2, 0) is 0 Å². The number of hydrogen-bond donors (Lipinski definition) is 2. The fourth-order valence-electron chi connectivity index (χ4n) is 2.52. The third-order valence-electron chi connectivity index (χ3n) is 3.95. The Kier molecular flexibility index (Phi) is 4.84. The Labute approximate surface area is 125 Å². The molecule has 1 aromatic heterocycles. The van der Waals surface area contributed by atoms with Crippen LogP contribution in [0.5, 0.6) is 0 Å². The summed E-state index contributed by atoms with van der Waals surface area (Å²) in [5.41, 5.74) is 1.53. The summed E-state index contributed by atoms with van der Waals surface area (Å²) in [6.07, 6.45) is 0.831. The maximum Gasteiger partial charge on any atom is 0.0436 e. The van der Waals surface area contributed by atoms with Gasteiger partial charge in [0.2, 0.25) is 0 Å². The minimum absolute atomic E-state index is 0.133. The van der Waals surface area contributed by atoms with Crippen molar-refractivity contribution in [2.75, 3.05) is 13.2 Å². The lowest BCUT2D eigenvalue weighted by molar-refractivity contribution is 0.204. The highest BCUT2D eigenvalue weighted by Gasteiger charge is 2.20. The average molecular weight is 291 g/mol. The lowest BCUT2D eigenvalue weighted by atomic mass is 9.89. The normalized spacial score (nSPS) is 13.8. The van der Waals surface area contributed by atoms with E-state index >= 15 is 0 Å². The minimum Gasteiger partial charge on any atom is -0.396 e. The smallest absolute Gasteiger partial charge is 0.0436 e. The molecule has 2 aromatic rings. The van der Waals surface area contributed by atoms with Crippen molar-refractivity contribution in [3.63, 3.8) is 0 Å². The Morgan fingerprint density at radius 1 is 1.30 bits per heavy atom. The van der Waals surface area contributed by atoms with E-state index < -0.39 is 0 Å². The van der Waals surface area contributed by atoms with E-state index in [1.807, 2.05) is 11.3 Å². The largest absolute Gasteiger partial charge is 0.396 e. The molecule has 0 aliphatic carbocycles. The highest BCUT2D eigenvalue weighted by Crippen LogP contribution is 2.34. The van der Waals surface area contributed by atoms with Crippen LogP contribution in [0.25, 0.3) is 10.1 Å². The maximum atomic E-state index is 9.10. The van der Waals surface area contributed by atoms with Gasteiger partial charge < -0.3 is 10.4 Å². The van der Waals surface area contributed by atoms with Crippen LogP contribution in [0.4, 0.5) is 0 Å². The predicted octanol–water partition coefficient (Wildman–Crippen LogP) is 4.27. The second kappa shape index (κ2) is 6.25. The van der Waals surface area contributed by atoms with Crippen molar-refractivity contribution in [2.24, 2.45) is 5.41 Å². The second-order valence-corrected chi connectivity index (χ2v) is 7.41. The van der Waals surface area contributed by atoms with Gasteiger partial charge in [0.05, 0.1) is 0 Å². The first kappa shape index (κ1) is 15.5. The number of thiophene rings is 1. The van der Waals surface area contributed by atoms with Gasteiger partial charge in [0, 0.05) is 28.8 Å². The molecule has 0 aliphatic rings. The van der Waals surface area contributed by atoms with Crippen molar-refractivity contribution < 1.29 is 5.11 Å². The maximum absolute atomic E-state index is 9.10. The van der Waals surface area contributed by atoms with Gasteiger partial charge in [-0.05, 0) is 42.7 Å². The first-order chi connectivity index (χ1) is 9.44. The molecular weight excluding hydrogens is 266 g/mol. The molecule has 110 valence electrons. The van der Waals surface area contributed by atoms with Crippen LogP contribution in [-0.4, -0.2) is 18.3 Å². The molecule has 0 amide bonds. The number of benzene rings is 1. The van der Waals surface area contributed by atoms with Crippen molar-refractivity contribution in [1.82, 2.24) is 5.32 Å². The molecule has 20 heavy (non-hydrogen) atoms. The van der Waals surface area contributed by atoms with Gasteiger partial charge in [0.25, 0.3) is 0 Å². The van der Waals surface area contributed by atoms with Crippen LogP contribution >= 0.6 is 11.3 Å². The van der Waals surface area contributed by atoms with Crippen molar-refractivity contribution in [3.05, 3.63) is 34.7 Å². The summed E-state index contributed by atoms with van der Waals surface area (Å²) in [7, 11) is 0. The zero-order valence-electron chi connectivity index (χ0n) is 12.9. The van der Waals surface area contributed by atoms with E-state index in [9.17, 15) is 0 Å². The molecule has 0 spiro atoms. The van der Waals surface area contributed by atoms with Gasteiger partial charge in [0.15, 0.2) is 0 Å². The summed E-state index contributed by atoms with van der Waals surface area (Å²) in [6, 6.07) is 8.95. The van der Waals surface area contributed by atoms with Crippen molar-refractivity contribution in [2.45, 2.75) is 40.2 Å². The third kappa shape index (κ3) is 3.40. The summed E-state index contributed by atoms with van der Waals surface area (Å²) in [5, 5.41) is 14.1. The number of aliphatic hydroxyl groups excluding tert-OH is 1. The number of aliphatic hydroxyl groups is 1. The fraction of sp³-hybridized carbons (Fsp3) is 0.529. The molecule has 0 fully saturated rings. The second-order valence-electron chi connectivity index (χ2n) is 6.33. The topological polar surface area (TPSA) is 32.3 Å². The molecule has 2 rings (SSSR count). The number of hydrogen-bond acceptors (Lipinski definition) is 3. The minimum atomic E-state index is 0.133. The fourth-order valence-corrected chi connectivity index (χ4v) is 3.76. The van der Waals surface area contributed by atoms with E-state index in [2.05, 4.69) is 57.3 Å². The third-order valence-corrected chi connectivity index (χ3v) is 5.40. The lowest BCUT2D eigenvalue weighted by Gasteiger charge is -2.26. The molecule has 0 radical (unpaired) electrons. The zero-order chi connectivity index (χ0) is 14.8. The highest BCUT2D eigenvalue weighted by molar-refractivity contribution is 7.19. The van der Waals surface area contributed by atoms with E-state index in [4.69, 9.17) is 5.11 Å². The zero-order valence-corrected chi connectivity index (χ0v) is 13.7. The van der Waals surface area contributed by atoms with Crippen molar-refractivity contribution >= 4 is 21.4 Å². The van der Waals surface area contributed by atoms with E-state index in [1.165, 1.54) is 20.5 Å². The monoisotopic (exact) mass is 291 g/mol. The number of nitrogens with one attached hydrogen (secondary N) is 1. The Morgan fingerprint density at radius 2 is 2.00 bits per heavy atom. The predicted molar refractivity (Wildman–Crippen MR) is 88.5 cm³/mol. The molecule has 0 saturated carbocycles. The van der Waals surface area contributed by atoms with E-state index in [-0.39, 0.29) is 12.0 Å². The van der Waals surface area contributed by atoms with Gasteiger partial charge >= 0.3 is 0 Å². The molecular formula is C17H25NOS. The van der Waals surface area contributed by atoms with Crippen LogP contribution in [0.1, 0.15) is 43.7 Å². The van der Waals surface area contributed by atoms with E-state index in [1.54, 1.807) is 0 Å². The van der Waals surface area contributed by atoms with Crippen LogP contribution in [0, 0.1) is 12.3 Å². The summed E-state index contributed by atoms with van der Waals surface area (Å²) in [5.74, 6) is 0. The van der Waals surface area contributed by atoms with Crippen LogP contribution in [0.2, 0.25) is 0 Å². The Hall–Kier alpha value is -0.900. The quantitative estimate of drug-likeness (QED) is 0.833. The molecule has 0 saturated heterocycles. The molecule has 0 bridgehead atoms. The number of rotatable bonds is 6. The van der Waals surface area contributed by atoms with Crippen molar-refractivity contribution in [3.8, 4) is 0 Å². The standard InChI is InChI=1S/C17H25NOS/c1-12-14-7-5-6-8-15(14)20-16(12)13(2)18-11-17(3,4)9-10-19/h5-8,13,18-19H,9-11H2,1-4H3. The lowest BCUT2D eigenvalue weighted by Crippen LogP contribution is -2.31. The summed E-state index contributed by atoms with van der Waals surface area (Å²) < 4.78 is 1.36. The van der Waals surface area contributed by atoms with Crippen molar-refractivity contribution in [1.29, 1.82) is 0 Å². The SMILES string of the molecule is Cc1c(C(C)NCC(C)(C)CCO)sc2ccccc12. The van der Waals surface area contributed by atoms with E-state index in [0.29, 0.717) is 6.04 Å². The molecule has 1 atom stereocenters. The molecule has 1 heterocycles. The molecule has 1 unspecified atom stereocenters.